The Balaban J connectivity index is 1.76. The molecule has 0 spiro atoms. The van der Waals surface area contributed by atoms with Crippen LogP contribution in [0.25, 0.3) is 0 Å². The molecule has 2 N–H and O–H groups in total. The van der Waals surface area contributed by atoms with E-state index in [1.165, 1.54) is 0 Å². The van der Waals surface area contributed by atoms with Crippen LogP contribution in [0.1, 0.15) is 87.0 Å². The molecule has 1 heterocycles. The number of aliphatic carboxylic acids is 1. The summed E-state index contributed by atoms with van der Waals surface area (Å²) in [4.78, 5) is 27.5. The fraction of sp³-hybridized carbons (Fsp3) is 0.857. The van der Waals surface area contributed by atoms with Gasteiger partial charge in [-0.15, -0.1) is 0 Å². The fourth-order valence-electron chi connectivity index (χ4n) is 8.67. The molecule has 186 valence electrons. The maximum absolute atomic E-state index is 12.7. The first-order valence-corrected chi connectivity index (χ1v) is 13.1. The molecule has 0 aromatic carbocycles. The number of rotatable bonds is 4. The smallest absolute Gasteiger partial charge is 0.307 e. The van der Waals surface area contributed by atoms with Crippen molar-refractivity contribution in [2.24, 2.45) is 46.3 Å². The van der Waals surface area contributed by atoms with Crippen LogP contribution in [0.4, 0.5) is 0 Å². The van der Waals surface area contributed by atoms with Crippen molar-refractivity contribution in [3.8, 4) is 0 Å². The number of ketones is 1. The summed E-state index contributed by atoms with van der Waals surface area (Å²) >= 11 is 0. The Labute approximate surface area is 200 Å². The van der Waals surface area contributed by atoms with E-state index in [-0.39, 0.29) is 35.2 Å². The van der Waals surface area contributed by atoms with Crippen molar-refractivity contribution in [3.63, 3.8) is 0 Å². The summed E-state index contributed by atoms with van der Waals surface area (Å²) < 4.78 is 0. The first kappa shape index (κ1) is 24.8. The first-order valence-electron chi connectivity index (χ1n) is 13.1. The number of carbonyl (C=O) groups excluding carboxylic acids is 1. The number of carboxylic acid groups (broad SMARTS) is 1. The maximum Gasteiger partial charge on any atom is 0.307 e. The first-order chi connectivity index (χ1) is 15.2. The van der Waals surface area contributed by atoms with Crippen molar-refractivity contribution in [1.82, 2.24) is 4.90 Å². The number of allylic oxidation sites excluding steroid dienone is 2. The van der Waals surface area contributed by atoms with Gasteiger partial charge >= 0.3 is 5.97 Å². The Morgan fingerprint density at radius 2 is 1.85 bits per heavy atom. The number of likely N-dealkylation sites (tertiary alicyclic amines) is 1. The van der Waals surface area contributed by atoms with Gasteiger partial charge in [-0.2, -0.15) is 0 Å². The summed E-state index contributed by atoms with van der Waals surface area (Å²) in [5, 5.41) is 21.4. The molecular formula is C28H45NO4. The minimum Gasteiger partial charge on any atom is -0.481 e. The Morgan fingerprint density at radius 3 is 2.42 bits per heavy atom. The number of carbonyl (C=O) groups is 2. The average molecular weight is 460 g/mol. The average Bonchev–Trinajstić information content (AvgIpc) is 3.03. The molecular weight excluding hydrogens is 414 g/mol. The fourth-order valence-corrected chi connectivity index (χ4v) is 8.67. The van der Waals surface area contributed by atoms with Gasteiger partial charge in [0, 0.05) is 35.7 Å². The zero-order chi connectivity index (χ0) is 24.5. The van der Waals surface area contributed by atoms with Gasteiger partial charge < -0.3 is 15.1 Å². The van der Waals surface area contributed by atoms with E-state index in [0.29, 0.717) is 23.7 Å². The van der Waals surface area contributed by atoms with E-state index in [9.17, 15) is 19.8 Å². The predicted molar refractivity (Wildman–Crippen MR) is 129 cm³/mol. The van der Waals surface area contributed by atoms with Gasteiger partial charge in [0.05, 0.1) is 12.0 Å². The lowest BCUT2D eigenvalue weighted by Crippen LogP contribution is -2.64. The molecule has 4 aliphatic rings. The standard InChI is InChI=1S/C28H45NO4/c1-16(2)12-23(31)21-9-8-19-18-15-29(26(3,4)5)24-14-17(30)13-22(25(32)33)28(24,7)20(18)10-11-27(19,21)6/h14,16,18-23,31H,8-13,15H2,1-7H3,(H,32,33)/t18-,19-,20-,21+,22?,23?,27-,28-/m0/s1. The number of fused-ring (bicyclic) bond motifs is 5. The van der Waals surface area contributed by atoms with Crippen LogP contribution < -0.4 is 0 Å². The van der Waals surface area contributed by atoms with Crippen LogP contribution in [-0.2, 0) is 9.59 Å². The van der Waals surface area contributed by atoms with E-state index in [4.69, 9.17) is 0 Å². The number of aliphatic hydroxyl groups excluding tert-OH is 1. The Hall–Kier alpha value is -1.36. The second-order valence-electron chi connectivity index (χ2n) is 13.5. The highest BCUT2D eigenvalue weighted by atomic mass is 16.4. The van der Waals surface area contributed by atoms with Crippen molar-refractivity contribution < 1.29 is 19.8 Å². The predicted octanol–water partition coefficient (Wildman–Crippen LogP) is 5.13. The van der Waals surface area contributed by atoms with Crippen LogP contribution in [-0.4, -0.2) is 45.1 Å². The summed E-state index contributed by atoms with van der Waals surface area (Å²) in [7, 11) is 0. The third kappa shape index (κ3) is 3.77. The lowest BCUT2D eigenvalue weighted by molar-refractivity contribution is -0.162. The Bertz CT molecular complexity index is 841. The van der Waals surface area contributed by atoms with Gasteiger partial charge in [-0.25, -0.2) is 0 Å². The number of carboxylic acids is 1. The van der Waals surface area contributed by atoms with Gasteiger partial charge in [0.15, 0.2) is 5.78 Å². The van der Waals surface area contributed by atoms with Crippen LogP contribution >= 0.6 is 0 Å². The molecule has 4 rings (SSSR count). The summed E-state index contributed by atoms with van der Waals surface area (Å²) in [6, 6.07) is 0. The lowest BCUT2D eigenvalue weighted by atomic mass is 9.47. The topological polar surface area (TPSA) is 77.8 Å². The highest BCUT2D eigenvalue weighted by Crippen LogP contribution is 2.67. The van der Waals surface area contributed by atoms with Crippen molar-refractivity contribution in [1.29, 1.82) is 0 Å². The number of hydrogen-bond donors (Lipinski definition) is 2. The highest BCUT2D eigenvalue weighted by Gasteiger charge is 2.64. The number of hydrogen-bond acceptors (Lipinski definition) is 4. The Kier molecular flexibility index (Phi) is 6.08. The molecule has 0 radical (unpaired) electrons. The molecule has 1 saturated heterocycles. The summed E-state index contributed by atoms with van der Waals surface area (Å²) in [5.74, 6) is 0.368. The summed E-state index contributed by atoms with van der Waals surface area (Å²) in [5.41, 5.74) is 0.325. The van der Waals surface area contributed by atoms with Crippen molar-refractivity contribution in [2.45, 2.75) is 98.6 Å². The van der Waals surface area contributed by atoms with Crippen molar-refractivity contribution in [3.05, 3.63) is 11.8 Å². The van der Waals surface area contributed by atoms with E-state index < -0.39 is 17.3 Å². The quantitative estimate of drug-likeness (QED) is 0.609. The van der Waals surface area contributed by atoms with Crippen LogP contribution in [0.3, 0.4) is 0 Å². The minimum absolute atomic E-state index is 0.0547. The zero-order valence-corrected chi connectivity index (χ0v) is 21.7. The van der Waals surface area contributed by atoms with Crippen LogP contribution in [0.15, 0.2) is 11.8 Å². The van der Waals surface area contributed by atoms with Crippen molar-refractivity contribution in [2.75, 3.05) is 6.54 Å². The molecule has 5 nitrogen and oxygen atoms in total. The van der Waals surface area contributed by atoms with E-state index in [1.807, 2.05) is 0 Å². The number of aliphatic hydroxyl groups is 1. The maximum atomic E-state index is 12.7. The van der Waals surface area contributed by atoms with Gasteiger partial charge in [-0.1, -0.05) is 27.7 Å². The monoisotopic (exact) mass is 459 g/mol. The molecule has 3 aliphatic carbocycles. The van der Waals surface area contributed by atoms with E-state index in [2.05, 4.69) is 53.4 Å². The van der Waals surface area contributed by atoms with Gasteiger partial charge in [0.1, 0.15) is 0 Å². The molecule has 3 fully saturated rings. The van der Waals surface area contributed by atoms with E-state index in [0.717, 1.165) is 44.3 Å². The minimum atomic E-state index is -0.837. The molecule has 0 amide bonds. The SMILES string of the molecule is CC(C)CC(O)[C@H]1CC[C@H]2[C@@H]3CN(C(C)(C)C)C4=CC(=O)CC(C(=O)O)[C@]4(C)[C@H]3CC[C@]12C. The van der Waals surface area contributed by atoms with Crippen molar-refractivity contribution >= 4 is 11.8 Å². The van der Waals surface area contributed by atoms with E-state index >= 15 is 0 Å². The van der Waals surface area contributed by atoms with Crippen LogP contribution in [0.2, 0.25) is 0 Å². The number of nitrogens with zero attached hydrogens (tertiary/aromatic N) is 1. The highest BCUT2D eigenvalue weighted by molar-refractivity contribution is 5.95. The lowest BCUT2D eigenvalue weighted by Gasteiger charge is -2.64. The summed E-state index contributed by atoms with van der Waals surface area (Å²) in [6.45, 7) is 16.3. The molecule has 2 saturated carbocycles. The molecule has 0 aromatic rings. The molecule has 8 atom stereocenters. The van der Waals surface area contributed by atoms with Crippen LogP contribution in [0.5, 0.6) is 0 Å². The largest absolute Gasteiger partial charge is 0.481 e. The summed E-state index contributed by atoms with van der Waals surface area (Å²) in [6.07, 6.45) is 6.67. The molecule has 5 heteroatoms. The van der Waals surface area contributed by atoms with E-state index in [1.54, 1.807) is 6.08 Å². The molecule has 0 aromatic heterocycles. The van der Waals surface area contributed by atoms with Crippen LogP contribution in [0, 0.1) is 46.3 Å². The molecule has 1 aliphatic heterocycles. The Morgan fingerprint density at radius 1 is 1.18 bits per heavy atom. The van der Waals surface area contributed by atoms with Gasteiger partial charge in [-0.3, -0.25) is 9.59 Å². The third-order valence-corrected chi connectivity index (χ3v) is 10.2. The number of piperidine rings is 1. The molecule has 2 unspecified atom stereocenters. The normalized spacial score (nSPS) is 41.8. The third-order valence-electron chi connectivity index (χ3n) is 10.2. The second kappa shape index (κ2) is 8.10. The van der Waals surface area contributed by atoms with Gasteiger partial charge in [0.2, 0.25) is 0 Å². The van der Waals surface area contributed by atoms with Gasteiger partial charge in [-0.05, 0) is 87.9 Å². The second-order valence-corrected chi connectivity index (χ2v) is 13.5. The van der Waals surface area contributed by atoms with Gasteiger partial charge in [0.25, 0.3) is 0 Å². The molecule has 0 bridgehead atoms. The molecule has 33 heavy (non-hydrogen) atoms. The zero-order valence-electron chi connectivity index (χ0n) is 21.7.